The highest BCUT2D eigenvalue weighted by Crippen LogP contribution is 2.36. The van der Waals surface area contributed by atoms with Crippen molar-refractivity contribution in [2.24, 2.45) is 0 Å². The van der Waals surface area contributed by atoms with Crippen LogP contribution in [-0.4, -0.2) is 28.3 Å². The molecule has 18 heavy (non-hydrogen) atoms. The summed E-state index contributed by atoms with van der Waals surface area (Å²) in [5.74, 6) is 0.321. The van der Waals surface area contributed by atoms with Crippen LogP contribution in [0.1, 0.15) is 53.2 Å². The molecule has 0 N–H and O–H groups in total. The van der Waals surface area contributed by atoms with Gasteiger partial charge in [-0.25, -0.2) is 9.97 Å². The Bertz CT molecular complexity index is 430. The fourth-order valence-electron chi connectivity index (χ4n) is 1.98. The van der Waals surface area contributed by atoms with E-state index < -0.39 is 0 Å². The Kier molecular flexibility index (Phi) is 3.24. The van der Waals surface area contributed by atoms with Gasteiger partial charge in [-0.1, -0.05) is 13.8 Å². The van der Waals surface area contributed by atoms with Crippen molar-refractivity contribution in [2.45, 2.75) is 58.7 Å². The van der Waals surface area contributed by atoms with E-state index >= 15 is 0 Å². The number of hydrogen-bond acceptors (Lipinski definition) is 4. The zero-order chi connectivity index (χ0) is 13.6. The molecule has 5 heteroatoms. The predicted octanol–water partition coefficient (Wildman–Crippen LogP) is 1.90. The number of aromatic nitrogens is 2. The van der Waals surface area contributed by atoms with Gasteiger partial charge in [-0.05, 0) is 33.6 Å². The fraction of sp³-hybridized carbons (Fsp3) is 0.692. The van der Waals surface area contributed by atoms with Gasteiger partial charge in [0.15, 0.2) is 0 Å². The topological polar surface area (TPSA) is 44.2 Å². The molecular formula is C13H21BN2O2. The van der Waals surface area contributed by atoms with Gasteiger partial charge in [0, 0.05) is 17.4 Å². The molecule has 1 saturated heterocycles. The summed E-state index contributed by atoms with van der Waals surface area (Å²) in [7, 11) is -0.381. The lowest BCUT2D eigenvalue weighted by Crippen LogP contribution is -2.41. The van der Waals surface area contributed by atoms with E-state index in [2.05, 4.69) is 23.8 Å². The molecule has 2 heterocycles. The maximum Gasteiger partial charge on any atom is 0.498 e. The second kappa shape index (κ2) is 4.32. The van der Waals surface area contributed by atoms with Crippen molar-refractivity contribution in [2.75, 3.05) is 0 Å². The van der Waals surface area contributed by atoms with E-state index in [4.69, 9.17) is 9.31 Å². The van der Waals surface area contributed by atoms with Gasteiger partial charge in [0.05, 0.1) is 11.2 Å². The lowest BCUT2D eigenvalue weighted by Gasteiger charge is -2.32. The average Bonchev–Trinajstić information content (AvgIpc) is 2.48. The number of nitrogens with zero attached hydrogens (tertiary/aromatic N) is 2. The molecule has 0 radical (unpaired) electrons. The minimum Gasteiger partial charge on any atom is -0.399 e. The van der Waals surface area contributed by atoms with Crippen LogP contribution < -0.4 is 5.46 Å². The molecule has 0 atom stereocenters. The molecule has 2 rings (SSSR count). The standard InChI is InChI=1S/C13H21BN2O2/c1-9(2)11-10(7-15-8-16-11)14-17-12(3,4)13(5,6)18-14/h7-9H,1-6H3. The van der Waals surface area contributed by atoms with E-state index in [0.717, 1.165) is 11.2 Å². The van der Waals surface area contributed by atoms with Crippen molar-refractivity contribution in [1.29, 1.82) is 0 Å². The Balaban J connectivity index is 2.35. The van der Waals surface area contributed by atoms with Crippen LogP contribution in [0.4, 0.5) is 0 Å². The summed E-state index contributed by atoms with van der Waals surface area (Å²) >= 11 is 0. The van der Waals surface area contributed by atoms with Gasteiger partial charge >= 0.3 is 7.12 Å². The maximum absolute atomic E-state index is 6.04. The zero-order valence-corrected chi connectivity index (χ0v) is 12.0. The summed E-state index contributed by atoms with van der Waals surface area (Å²) in [6.45, 7) is 12.4. The number of rotatable bonds is 2. The Labute approximate surface area is 109 Å². The molecule has 98 valence electrons. The van der Waals surface area contributed by atoms with Crippen molar-refractivity contribution < 1.29 is 9.31 Å². The van der Waals surface area contributed by atoms with Crippen molar-refractivity contribution >= 4 is 12.6 Å². The number of hydrogen-bond donors (Lipinski definition) is 0. The molecule has 1 aliphatic heterocycles. The van der Waals surface area contributed by atoms with E-state index in [0.29, 0.717) is 5.92 Å². The molecular weight excluding hydrogens is 227 g/mol. The lowest BCUT2D eigenvalue weighted by atomic mass is 9.77. The SMILES string of the molecule is CC(C)c1ncncc1B1OC(C)(C)C(C)(C)O1. The van der Waals surface area contributed by atoms with Gasteiger partial charge in [-0.2, -0.15) is 0 Å². The average molecular weight is 248 g/mol. The van der Waals surface area contributed by atoms with Crippen molar-refractivity contribution in [3.63, 3.8) is 0 Å². The molecule has 0 bridgehead atoms. The molecule has 0 amide bonds. The maximum atomic E-state index is 6.04. The fourth-order valence-corrected chi connectivity index (χ4v) is 1.98. The molecule has 0 aromatic carbocycles. The van der Waals surface area contributed by atoms with E-state index in [-0.39, 0.29) is 18.3 Å². The van der Waals surface area contributed by atoms with Gasteiger partial charge in [-0.15, -0.1) is 0 Å². The summed E-state index contributed by atoms with van der Waals surface area (Å²) in [5, 5.41) is 0. The third-order valence-corrected chi connectivity index (χ3v) is 3.83. The highest BCUT2D eigenvalue weighted by atomic mass is 16.7. The smallest absolute Gasteiger partial charge is 0.399 e. The molecule has 1 aliphatic rings. The molecule has 0 saturated carbocycles. The molecule has 0 unspecified atom stereocenters. The molecule has 0 aliphatic carbocycles. The molecule has 1 aromatic rings. The summed E-state index contributed by atoms with van der Waals surface area (Å²) in [5.41, 5.74) is 1.26. The Morgan fingerprint density at radius 2 is 1.67 bits per heavy atom. The van der Waals surface area contributed by atoms with Crippen molar-refractivity contribution in [3.05, 3.63) is 18.2 Å². The van der Waals surface area contributed by atoms with Gasteiger partial charge in [0.2, 0.25) is 0 Å². The third kappa shape index (κ3) is 2.17. The zero-order valence-electron chi connectivity index (χ0n) is 12.0. The van der Waals surface area contributed by atoms with Crippen LogP contribution in [-0.2, 0) is 9.31 Å². The van der Waals surface area contributed by atoms with Gasteiger partial charge in [0.1, 0.15) is 6.33 Å². The quantitative estimate of drug-likeness (QED) is 0.750. The Morgan fingerprint density at radius 1 is 1.11 bits per heavy atom. The highest BCUT2D eigenvalue weighted by molar-refractivity contribution is 6.62. The molecule has 0 spiro atoms. The first kappa shape index (κ1) is 13.5. The summed E-state index contributed by atoms with van der Waals surface area (Å²) in [6, 6.07) is 0. The monoisotopic (exact) mass is 248 g/mol. The van der Waals surface area contributed by atoms with Crippen LogP contribution in [0.3, 0.4) is 0 Å². The van der Waals surface area contributed by atoms with Gasteiger partial charge in [0.25, 0.3) is 0 Å². The van der Waals surface area contributed by atoms with E-state index in [1.54, 1.807) is 12.5 Å². The predicted molar refractivity (Wildman–Crippen MR) is 71.8 cm³/mol. The molecule has 4 nitrogen and oxygen atoms in total. The van der Waals surface area contributed by atoms with Gasteiger partial charge in [-0.3, -0.25) is 0 Å². The molecule has 1 fully saturated rings. The minimum absolute atomic E-state index is 0.321. The summed E-state index contributed by atoms with van der Waals surface area (Å²) < 4.78 is 12.1. The first-order chi connectivity index (χ1) is 8.24. The highest BCUT2D eigenvalue weighted by Gasteiger charge is 2.52. The normalized spacial score (nSPS) is 21.6. The van der Waals surface area contributed by atoms with E-state index in [9.17, 15) is 0 Å². The third-order valence-electron chi connectivity index (χ3n) is 3.83. The van der Waals surface area contributed by atoms with Gasteiger partial charge < -0.3 is 9.31 Å². The van der Waals surface area contributed by atoms with Crippen LogP contribution in [0.25, 0.3) is 0 Å². The molecule has 1 aromatic heterocycles. The van der Waals surface area contributed by atoms with Crippen LogP contribution >= 0.6 is 0 Å². The largest absolute Gasteiger partial charge is 0.498 e. The van der Waals surface area contributed by atoms with Crippen LogP contribution in [0.15, 0.2) is 12.5 Å². The second-order valence-corrected chi connectivity index (χ2v) is 6.11. The lowest BCUT2D eigenvalue weighted by molar-refractivity contribution is 0.00578. The van der Waals surface area contributed by atoms with Crippen molar-refractivity contribution in [1.82, 2.24) is 9.97 Å². The van der Waals surface area contributed by atoms with Crippen LogP contribution in [0, 0.1) is 0 Å². The van der Waals surface area contributed by atoms with E-state index in [1.165, 1.54) is 0 Å². The van der Waals surface area contributed by atoms with Crippen molar-refractivity contribution in [3.8, 4) is 0 Å². The Hall–Kier alpha value is -0.935. The van der Waals surface area contributed by atoms with E-state index in [1.807, 2.05) is 27.7 Å². The Morgan fingerprint density at radius 3 is 2.17 bits per heavy atom. The van der Waals surface area contributed by atoms with Crippen LogP contribution in [0.2, 0.25) is 0 Å². The summed E-state index contributed by atoms with van der Waals surface area (Å²) in [6.07, 6.45) is 3.37. The second-order valence-electron chi connectivity index (χ2n) is 6.11. The summed E-state index contributed by atoms with van der Waals surface area (Å²) in [4.78, 5) is 8.44. The first-order valence-corrected chi connectivity index (χ1v) is 6.40. The minimum atomic E-state index is -0.381. The van der Waals surface area contributed by atoms with Crippen LogP contribution in [0.5, 0.6) is 0 Å². The first-order valence-electron chi connectivity index (χ1n) is 6.40.